The molecule has 10 heteroatoms. The number of aliphatic hydroxyl groups excluding tert-OH is 1. The van der Waals surface area contributed by atoms with Crippen molar-refractivity contribution in [2.75, 3.05) is 46.5 Å². The van der Waals surface area contributed by atoms with Crippen LogP contribution in [0.25, 0.3) is 22.0 Å². The predicted octanol–water partition coefficient (Wildman–Crippen LogP) is 6.78. The van der Waals surface area contributed by atoms with Gasteiger partial charge in [-0.1, -0.05) is 55.5 Å². The molecule has 5 rings (SSSR count). The van der Waals surface area contributed by atoms with Crippen LogP contribution in [0.5, 0.6) is 5.75 Å². The maximum Gasteiger partial charge on any atom is 0.407 e. The first-order valence-corrected chi connectivity index (χ1v) is 16.9. The third kappa shape index (κ3) is 8.76. The number of aryl methyl sites for hydroxylation is 1. The molecule has 1 unspecified atom stereocenters. The monoisotopic (exact) mass is 666 g/mol. The van der Waals surface area contributed by atoms with Gasteiger partial charge in [0.05, 0.1) is 24.9 Å². The van der Waals surface area contributed by atoms with Crippen LogP contribution in [-0.4, -0.2) is 88.3 Å². The quantitative estimate of drug-likeness (QED) is 0.113. The highest BCUT2D eigenvalue weighted by atomic mass is 16.5. The summed E-state index contributed by atoms with van der Waals surface area (Å²) in [7, 11) is 1.57. The first-order chi connectivity index (χ1) is 23.8. The van der Waals surface area contributed by atoms with Gasteiger partial charge in [-0.2, -0.15) is 5.10 Å². The van der Waals surface area contributed by atoms with E-state index in [0.717, 1.165) is 59.9 Å². The summed E-state index contributed by atoms with van der Waals surface area (Å²) in [6, 6.07) is 22.9. The molecule has 49 heavy (non-hydrogen) atoms. The molecule has 258 valence electrons. The molecule has 3 aromatic carbocycles. The second-order valence-corrected chi connectivity index (χ2v) is 12.2. The molecule has 1 aliphatic rings. The zero-order valence-electron chi connectivity index (χ0n) is 28.5. The fourth-order valence-corrected chi connectivity index (χ4v) is 6.21. The van der Waals surface area contributed by atoms with Crippen molar-refractivity contribution < 1.29 is 29.3 Å². The summed E-state index contributed by atoms with van der Waals surface area (Å²) in [5.74, 6) is 0.324. The van der Waals surface area contributed by atoms with Crippen molar-refractivity contribution in [3.05, 3.63) is 107 Å². The SMILES string of the molecule is CC/C(=C(/c1ccc(OCCN(C/C=C/C(=O)N(C)CCO)C(=O)O)cc1)c1ccc2c(cnn2C2CCCCO2)c1)c1ccccc1C. The minimum atomic E-state index is -1.10. The Morgan fingerprint density at radius 1 is 1.06 bits per heavy atom. The summed E-state index contributed by atoms with van der Waals surface area (Å²) < 4.78 is 14.0. The number of hydrogen-bond acceptors (Lipinski definition) is 6. The van der Waals surface area contributed by atoms with Gasteiger partial charge in [0.25, 0.3) is 0 Å². The minimum absolute atomic E-state index is 0.0366. The van der Waals surface area contributed by atoms with E-state index in [1.54, 1.807) is 7.05 Å². The summed E-state index contributed by atoms with van der Waals surface area (Å²) >= 11 is 0. The lowest BCUT2D eigenvalue weighted by molar-refractivity contribution is -0.125. The van der Waals surface area contributed by atoms with Gasteiger partial charge in [0, 0.05) is 38.2 Å². The van der Waals surface area contributed by atoms with Crippen molar-refractivity contribution in [3.8, 4) is 5.75 Å². The number of benzene rings is 3. The maximum atomic E-state index is 12.1. The first-order valence-electron chi connectivity index (χ1n) is 16.9. The minimum Gasteiger partial charge on any atom is -0.492 e. The molecule has 0 spiro atoms. The van der Waals surface area contributed by atoms with Crippen LogP contribution in [0.3, 0.4) is 0 Å². The van der Waals surface area contributed by atoms with Gasteiger partial charge in [-0.25, -0.2) is 9.48 Å². The molecule has 2 amide bonds. The third-order valence-corrected chi connectivity index (χ3v) is 8.88. The number of carbonyl (C=O) groups is 2. The number of rotatable bonds is 14. The Balaban J connectivity index is 1.37. The summed E-state index contributed by atoms with van der Waals surface area (Å²) in [6.07, 6.45) is 7.60. The molecule has 2 heterocycles. The van der Waals surface area contributed by atoms with Crippen molar-refractivity contribution >= 4 is 34.0 Å². The van der Waals surface area contributed by atoms with Gasteiger partial charge in [-0.05, 0) is 90.3 Å². The maximum absolute atomic E-state index is 12.1. The first kappa shape index (κ1) is 35.4. The number of nitrogens with zero attached hydrogens (tertiary/aromatic N) is 4. The van der Waals surface area contributed by atoms with E-state index >= 15 is 0 Å². The molecule has 2 N–H and O–H groups in total. The Bertz CT molecular complexity index is 1790. The zero-order chi connectivity index (χ0) is 34.8. The normalized spacial score (nSPS) is 15.3. The van der Waals surface area contributed by atoms with Crippen LogP contribution in [-0.2, 0) is 9.53 Å². The molecule has 0 radical (unpaired) electrons. The fourth-order valence-electron chi connectivity index (χ4n) is 6.21. The van der Waals surface area contributed by atoms with Gasteiger partial charge in [-0.15, -0.1) is 0 Å². The number of likely N-dealkylation sites (N-methyl/N-ethyl adjacent to an activating group) is 1. The van der Waals surface area contributed by atoms with Gasteiger partial charge in [0.2, 0.25) is 5.91 Å². The topological polar surface area (TPSA) is 117 Å². The Kier molecular flexibility index (Phi) is 12.2. The van der Waals surface area contributed by atoms with E-state index in [9.17, 15) is 14.7 Å². The van der Waals surface area contributed by atoms with Gasteiger partial charge >= 0.3 is 6.09 Å². The molecule has 1 saturated heterocycles. The molecule has 0 bridgehead atoms. The van der Waals surface area contributed by atoms with Crippen LogP contribution in [0.2, 0.25) is 0 Å². The van der Waals surface area contributed by atoms with Gasteiger partial charge in [-0.3, -0.25) is 4.79 Å². The number of amides is 2. The zero-order valence-corrected chi connectivity index (χ0v) is 28.5. The van der Waals surface area contributed by atoms with E-state index in [4.69, 9.17) is 19.7 Å². The Morgan fingerprint density at radius 2 is 1.84 bits per heavy atom. The molecule has 1 atom stereocenters. The second kappa shape index (κ2) is 16.9. The lowest BCUT2D eigenvalue weighted by Crippen LogP contribution is -2.34. The lowest BCUT2D eigenvalue weighted by atomic mass is 9.86. The smallest absolute Gasteiger partial charge is 0.407 e. The van der Waals surface area contributed by atoms with E-state index in [0.29, 0.717) is 5.75 Å². The van der Waals surface area contributed by atoms with Gasteiger partial charge in [0.1, 0.15) is 12.4 Å². The van der Waals surface area contributed by atoms with Crippen LogP contribution >= 0.6 is 0 Å². The van der Waals surface area contributed by atoms with E-state index in [1.165, 1.54) is 38.7 Å². The van der Waals surface area contributed by atoms with Crippen LogP contribution in [0.4, 0.5) is 4.79 Å². The molecule has 1 fully saturated rings. The van der Waals surface area contributed by atoms with Crippen molar-refractivity contribution in [1.29, 1.82) is 0 Å². The number of carbonyl (C=O) groups excluding carboxylic acids is 1. The van der Waals surface area contributed by atoms with Crippen molar-refractivity contribution in [1.82, 2.24) is 19.6 Å². The Hall–Kier alpha value is -4.93. The molecule has 1 aromatic heterocycles. The summed E-state index contributed by atoms with van der Waals surface area (Å²) in [4.78, 5) is 26.4. The van der Waals surface area contributed by atoms with Gasteiger partial charge in [0.15, 0.2) is 6.23 Å². The Morgan fingerprint density at radius 3 is 2.53 bits per heavy atom. The Labute approximate surface area is 287 Å². The van der Waals surface area contributed by atoms with E-state index < -0.39 is 6.09 Å². The number of aromatic nitrogens is 2. The fraction of sp³-hybridized carbons (Fsp3) is 0.359. The highest BCUT2D eigenvalue weighted by molar-refractivity contribution is 6.01. The third-order valence-electron chi connectivity index (χ3n) is 8.88. The lowest BCUT2D eigenvalue weighted by Gasteiger charge is -2.23. The molecule has 4 aromatic rings. The number of fused-ring (bicyclic) bond motifs is 1. The van der Waals surface area contributed by atoms with Gasteiger partial charge < -0.3 is 29.5 Å². The molecule has 10 nitrogen and oxygen atoms in total. The van der Waals surface area contributed by atoms with Crippen LogP contribution in [0.15, 0.2) is 85.1 Å². The number of ether oxygens (including phenoxy) is 2. The number of hydrogen-bond donors (Lipinski definition) is 2. The molecule has 0 saturated carbocycles. The van der Waals surface area contributed by atoms with E-state index in [2.05, 4.69) is 56.3 Å². The molecule has 0 aliphatic carbocycles. The summed E-state index contributed by atoms with van der Waals surface area (Å²) in [5, 5.41) is 24.4. The average Bonchev–Trinajstić information content (AvgIpc) is 3.54. The van der Waals surface area contributed by atoms with Crippen molar-refractivity contribution in [2.24, 2.45) is 0 Å². The van der Waals surface area contributed by atoms with E-state index in [-0.39, 0.29) is 45.0 Å². The van der Waals surface area contributed by atoms with Crippen LogP contribution in [0, 0.1) is 6.92 Å². The molecular formula is C39H46N4O6. The van der Waals surface area contributed by atoms with Crippen molar-refractivity contribution in [3.63, 3.8) is 0 Å². The van der Waals surface area contributed by atoms with Crippen LogP contribution in [0.1, 0.15) is 61.1 Å². The average molecular weight is 667 g/mol. The van der Waals surface area contributed by atoms with E-state index in [1.807, 2.05) is 35.1 Å². The largest absolute Gasteiger partial charge is 0.492 e. The number of allylic oxidation sites excluding steroid dienone is 1. The highest BCUT2D eigenvalue weighted by Gasteiger charge is 2.20. The number of carboxylic acid groups (broad SMARTS) is 1. The summed E-state index contributed by atoms with van der Waals surface area (Å²) in [5.41, 5.74) is 7.98. The standard InChI is InChI=1S/C39H46N4O6/c1-4-33(34-11-6-5-10-28(34)2)38(30-16-19-35-31(26-30)27-40-43(35)37-13-7-8-24-49-37)29-14-17-32(18-15-29)48-25-22-42(39(46)47)20-9-12-36(45)41(3)21-23-44/h5-6,9-12,14-19,26-27,37,44H,4,7-8,13,20-25H2,1-3H3,(H,46,47)/b12-9+,38-33+. The number of aliphatic hydroxyl groups is 1. The second-order valence-electron chi connectivity index (χ2n) is 12.2. The predicted molar refractivity (Wildman–Crippen MR) is 191 cm³/mol. The molecular weight excluding hydrogens is 620 g/mol. The summed E-state index contributed by atoms with van der Waals surface area (Å²) in [6.45, 7) is 5.46. The highest BCUT2D eigenvalue weighted by Crippen LogP contribution is 2.38. The molecule has 1 aliphatic heterocycles. The van der Waals surface area contributed by atoms with Crippen molar-refractivity contribution in [2.45, 2.75) is 45.8 Å². The van der Waals surface area contributed by atoms with Crippen LogP contribution < -0.4 is 4.74 Å².